The first kappa shape index (κ1) is 16.6. The van der Waals surface area contributed by atoms with Gasteiger partial charge in [-0.15, -0.1) is 0 Å². The highest BCUT2D eigenvalue weighted by Crippen LogP contribution is 2.14. The molecule has 2 rings (SSSR count). The number of ether oxygens (including phenoxy) is 1. The predicted molar refractivity (Wildman–Crippen MR) is 87.0 cm³/mol. The molecule has 23 heavy (non-hydrogen) atoms. The Morgan fingerprint density at radius 1 is 0.957 bits per heavy atom. The number of hydrogen-bond donors (Lipinski definition) is 0. The van der Waals surface area contributed by atoms with E-state index in [2.05, 4.69) is 0 Å². The molecule has 0 bridgehead atoms. The highest BCUT2D eigenvalue weighted by Gasteiger charge is 2.20. The molecule has 2 aromatic rings. The highest BCUT2D eigenvalue weighted by molar-refractivity contribution is 6.01. The summed E-state index contributed by atoms with van der Waals surface area (Å²) in [6.07, 6.45) is -0.184. The predicted octanol–water partition coefficient (Wildman–Crippen LogP) is 3.54. The number of hydrogen-bond acceptors (Lipinski definition) is 4. The van der Waals surface area contributed by atoms with Crippen molar-refractivity contribution in [2.24, 2.45) is 0 Å². The SMILES string of the molecule is Cc1ccc(C(=O)[C@H](C)OC(=O)c2ccc(C=O)cc2)cc1C. The lowest BCUT2D eigenvalue weighted by Gasteiger charge is -2.13. The van der Waals surface area contributed by atoms with E-state index in [4.69, 9.17) is 4.74 Å². The summed E-state index contributed by atoms with van der Waals surface area (Å²) in [6, 6.07) is 11.4. The van der Waals surface area contributed by atoms with E-state index >= 15 is 0 Å². The Morgan fingerprint density at radius 2 is 1.57 bits per heavy atom. The molecule has 0 aliphatic heterocycles. The van der Waals surface area contributed by atoms with Gasteiger partial charge in [0.15, 0.2) is 6.10 Å². The summed E-state index contributed by atoms with van der Waals surface area (Å²) < 4.78 is 5.22. The van der Waals surface area contributed by atoms with E-state index in [-0.39, 0.29) is 5.78 Å². The van der Waals surface area contributed by atoms with Gasteiger partial charge in [0.2, 0.25) is 5.78 Å². The lowest BCUT2D eigenvalue weighted by Crippen LogP contribution is -2.24. The molecule has 0 saturated carbocycles. The smallest absolute Gasteiger partial charge is 0.338 e. The van der Waals surface area contributed by atoms with Gasteiger partial charge in [-0.05, 0) is 50.1 Å². The van der Waals surface area contributed by atoms with Crippen LogP contribution < -0.4 is 0 Å². The number of Topliss-reactive ketones (excluding diaryl/α,β-unsaturated/α-hetero) is 1. The molecule has 0 aliphatic rings. The summed E-state index contributed by atoms with van der Waals surface area (Å²) in [5.41, 5.74) is 3.40. The number of aldehydes is 1. The summed E-state index contributed by atoms with van der Waals surface area (Å²) in [6.45, 7) is 5.45. The Balaban J connectivity index is 2.08. The third kappa shape index (κ3) is 3.92. The second-order valence-electron chi connectivity index (χ2n) is 5.45. The van der Waals surface area contributed by atoms with Crippen LogP contribution in [0.15, 0.2) is 42.5 Å². The van der Waals surface area contributed by atoms with E-state index < -0.39 is 12.1 Å². The van der Waals surface area contributed by atoms with Crippen LogP contribution in [0.4, 0.5) is 0 Å². The van der Waals surface area contributed by atoms with Gasteiger partial charge in [0, 0.05) is 11.1 Å². The van der Waals surface area contributed by atoms with E-state index in [1.807, 2.05) is 19.9 Å². The number of carbonyl (C=O) groups is 3. The molecule has 0 amide bonds. The van der Waals surface area contributed by atoms with Crippen LogP contribution >= 0.6 is 0 Å². The minimum Gasteiger partial charge on any atom is -0.451 e. The van der Waals surface area contributed by atoms with E-state index in [1.54, 1.807) is 19.1 Å². The zero-order chi connectivity index (χ0) is 17.0. The van der Waals surface area contributed by atoms with Gasteiger partial charge in [-0.1, -0.05) is 24.3 Å². The average molecular weight is 310 g/mol. The number of rotatable bonds is 5. The third-order valence-corrected chi connectivity index (χ3v) is 3.73. The van der Waals surface area contributed by atoms with Gasteiger partial charge in [-0.3, -0.25) is 9.59 Å². The molecule has 0 N–H and O–H groups in total. The van der Waals surface area contributed by atoms with Crippen molar-refractivity contribution in [3.63, 3.8) is 0 Å². The Bertz CT molecular complexity index is 744. The fraction of sp³-hybridized carbons (Fsp3) is 0.211. The molecule has 4 nitrogen and oxygen atoms in total. The van der Waals surface area contributed by atoms with E-state index in [9.17, 15) is 14.4 Å². The summed E-state index contributed by atoms with van der Waals surface area (Å²) >= 11 is 0. The summed E-state index contributed by atoms with van der Waals surface area (Å²) in [5.74, 6) is -0.835. The van der Waals surface area contributed by atoms with Crippen molar-refractivity contribution in [3.8, 4) is 0 Å². The number of carbonyl (C=O) groups excluding carboxylic acids is 3. The molecule has 0 fully saturated rings. The largest absolute Gasteiger partial charge is 0.451 e. The van der Waals surface area contributed by atoms with E-state index in [1.165, 1.54) is 24.3 Å². The molecule has 0 heterocycles. The fourth-order valence-corrected chi connectivity index (χ4v) is 2.11. The summed E-state index contributed by atoms with van der Waals surface area (Å²) in [7, 11) is 0. The first-order valence-corrected chi connectivity index (χ1v) is 7.30. The monoisotopic (exact) mass is 310 g/mol. The van der Waals surface area contributed by atoms with Crippen molar-refractivity contribution in [2.75, 3.05) is 0 Å². The van der Waals surface area contributed by atoms with Crippen LogP contribution in [0.25, 0.3) is 0 Å². The number of ketones is 1. The minimum absolute atomic E-state index is 0.244. The molecular formula is C19H18O4. The number of aryl methyl sites for hydroxylation is 2. The lowest BCUT2D eigenvalue weighted by molar-refractivity contribution is 0.0318. The minimum atomic E-state index is -0.879. The van der Waals surface area contributed by atoms with Gasteiger partial charge in [0.05, 0.1) is 5.56 Å². The van der Waals surface area contributed by atoms with Crippen LogP contribution in [0.3, 0.4) is 0 Å². The van der Waals surface area contributed by atoms with Gasteiger partial charge >= 0.3 is 5.97 Å². The van der Waals surface area contributed by atoms with Gasteiger partial charge in [-0.2, -0.15) is 0 Å². The topological polar surface area (TPSA) is 60.4 Å². The zero-order valence-corrected chi connectivity index (χ0v) is 13.3. The highest BCUT2D eigenvalue weighted by atomic mass is 16.5. The molecule has 0 radical (unpaired) electrons. The maximum Gasteiger partial charge on any atom is 0.338 e. The fourth-order valence-electron chi connectivity index (χ4n) is 2.11. The van der Waals surface area contributed by atoms with Gasteiger partial charge in [-0.25, -0.2) is 4.79 Å². The van der Waals surface area contributed by atoms with Crippen LogP contribution in [0.5, 0.6) is 0 Å². The van der Waals surface area contributed by atoms with Gasteiger partial charge in [0.1, 0.15) is 6.29 Å². The van der Waals surface area contributed by atoms with Gasteiger partial charge in [0.25, 0.3) is 0 Å². The molecule has 0 aliphatic carbocycles. The van der Waals surface area contributed by atoms with Crippen LogP contribution in [-0.2, 0) is 4.74 Å². The molecule has 0 aromatic heterocycles. The molecule has 4 heteroatoms. The Labute approximate surface area is 135 Å². The molecular weight excluding hydrogens is 292 g/mol. The van der Waals surface area contributed by atoms with Crippen LogP contribution in [0, 0.1) is 13.8 Å². The first-order chi connectivity index (χ1) is 10.9. The van der Waals surface area contributed by atoms with Crippen molar-refractivity contribution < 1.29 is 19.1 Å². The van der Waals surface area contributed by atoms with E-state index in [0.717, 1.165) is 11.1 Å². The Morgan fingerprint density at radius 3 is 2.13 bits per heavy atom. The molecule has 0 saturated heterocycles. The summed E-state index contributed by atoms with van der Waals surface area (Å²) in [4.78, 5) is 35.0. The maximum absolute atomic E-state index is 12.4. The molecule has 2 aromatic carbocycles. The van der Waals surface area contributed by atoms with Crippen LogP contribution in [0.1, 0.15) is 49.1 Å². The Hall–Kier alpha value is -2.75. The number of esters is 1. The van der Waals surface area contributed by atoms with Crippen molar-refractivity contribution in [1.29, 1.82) is 0 Å². The van der Waals surface area contributed by atoms with Crippen molar-refractivity contribution in [3.05, 3.63) is 70.3 Å². The van der Waals surface area contributed by atoms with Crippen molar-refractivity contribution in [1.82, 2.24) is 0 Å². The van der Waals surface area contributed by atoms with E-state index in [0.29, 0.717) is 23.0 Å². The second kappa shape index (κ2) is 7.01. The number of benzene rings is 2. The average Bonchev–Trinajstić information content (AvgIpc) is 2.56. The zero-order valence-electron chi connectivity index (χ0n) is 13.3. The lowest BCUT2D eigenvalue weighted by atomic mass is 10.0. The van der Waals surface area contributed by atoms with Crippen molar-refractivity contribution >= 4 is 18.0 Å². The van der Waals surface area contributed by atoms with Gasteiger partial charge < -0.3 is 4.74 Å². The molecule has 0 spiro atoms. The standard InChI is InChI=1S/C19H18O4/c1-12-4-7-17(10-13(12)2)18(21)14(3)23-19(22)16-8-5-15(11-20)6-9-16/h4-11,14H,1-3H3/t14-/m0/s1. The Kier molecular flexibility index (Phi) is 5.06. The van der Waals surface area contributed by atoms with Crippen LogP contribution in [-0.4, -0.2) is 24.1 Å². The first-order valence-electron chi connectivity index (χ1n) is 7.30. The third-order valence-electron chi connectivity index (χ3n) is 3.73. The normalized spacial score (nSPS) is 11.6. The quantitative estimate of drug-likeness (QED) is 0.481. The summed E-state index contributed by atoms with van der Waals surface area (Å²) in [5, 5.41) is 0. The maximum atomic E-state index is 12.4. The van der Waals surface area contributed by atoms with Crippen LogP contribution in [0.2, 0.25) is 0 Å². The molecule has 0 unspecified atom stereocenters. The molecule has 118 valence electrons. The molecule has 1 atom stereocenters. The van der Waals surface area contributed by atoms with Crippen molar-refractivity contribution in [2.45, 2.75) is 26.9 Å². The second-order valence-corrected chi connectivity index (χ2v) is 5.45.